The fourth-order valence-corrected chi connectivity index (χ4v) is 3.71. The number of amides is 1. The van der Waals surface area contributed by atoms with E-state index in [2.05, 4.69) is 10.1 Å². The Hall–Kier alpha value is -2.29. The molecule has 1 N–H and O–H groups in total. The highest BCUT2D eigenvalue weighted by Crippen LogP contribution is 2.37. The van der Waals surface area contributed by atoms with Crippen LogP contribution in [0.2, 0.25) is 0 Å². The van der Waals surface area contributed by atoms with Crippen molar-refractivity contribution in [1.29, 1.82) is 0 Å². The van der Waals surface area contributed by atoms with Crippen LogP contribution in [-0.2, 0) is 19.6 Å². The zero-order valence-electron chi connectivity index (χ0n) is 15.9. The molecule has 9 heteroatoms. The SMILES string of the molecule is CCCCN(C(=O)Oc1ccc2c(c1)C(CCC(=O)OC)CN2)S(C)(=O)=O. The Kier molecular flexibility index (Phi) is 7.06. The summed E-state index contributed by atoms with van der Waals surface area (Å²) in [6.07, 6.45) is 2.29. The zero-order valence-corrected chi connectivity index (χ0v) is 16.7. The number of benzene rings is 1. The summed E-state index contributed by atoms with van der Waals surface area (Å²) in [5.74, 6) is 0.0882. The second-order valence-corrected chi connectivity index (χ2v) is 8.41. The Morgan fingerprint density at radius 2 is 2.07 bits per heavy atom. The molecule has 1 unspecified atom stereocenters. The second-order valence-electron chi connectivity index (χ2n) is 6.50. The van der Waals surface area contributed by atoms with Crippen molar-refractivity contribution in [3.05, 3.63) is 23.8 Å². The van der Waals surface area contributed by atoms with Crippen molar-refractivity contribution in [3.8, 4) is 5.75 Å². The number of carbonyl (C=O) groups excluding carboxylic acids is 2. The molecule has 1 atom stereocenters. The quantitative estimate of drug-likeness (QED) is 0.672. The molecule has 0 fully saturated rings. The van der Waals surface area contributed by atoms with Gasteiger partial charge in [-0.3, -0.25) is 4.79 Å². The number of hydrogen-bond acceptors (Lipinski definition) is 7. The van der Waals surface area contributed by atoms with Gasteiger partial charge in [0.05, 0.1) is 13.4 Å². The van der Waals surface area contributed by atoms with Crippen LogP contribution in [0.4, 0.5) is 10.5 Å². The molecule has 27 heavy (non-hydrogen) atoms. The number of methoxy groups -OCH3 is 1. The molecule has 0 aliphatic carbocycles. The maximum absolute atomic E-state index is 12.3. The Labute approximate surface area is 159 Å². The highest BCUT2D eigenvalue weighted by atomic mass is 32.2. The first-order valence-electron chi connectivity index (χ1n) is 8.90. The van der Waals surface area contributed by atoms with Crippen molar-refractivity contribution in [2.24, 2.45) is 0 Å². The number of anilines is 1. The summed E-state index contributed by atoms with van der Waals surface area (Å²) >= 11 is 0. The van der Waals surface area contributed by atoms with Gasteiger partial charge in [0.25, 0.3) is 0 Å². The van der Waals surface area contributed by atoms with Crippen molar-refractivity contribution in [2.45, 2.75) is 38.5 Å². The Morgan fingerprint density at radius 3 is 2.70 bits per heavy atom. The van der Waals surface area contributed by atoms with Crippen LogP contribution < -0.4 is 10.1 Å². The summed E-state index contributed by atoms with van der Waals surface area (Å²) in [4.78, 5) is 23.7. The molecule has 8 nitrogen and oxygen atoms in total. The van der Waals surface area contributed by atoms with Crippen LogP contribution in [0.25, 0.3) is 0 Å². The van der Waals surface area contributed by atoms with Crippen molar-refractivity contribution in [2.75, 3.05) is 31.8 Å². The number of hydrogen-bond donors (Lipinski definition) is 1. The summed E-state index contributed by atoms with van der Waals surface area (Å²) < 4.78 is 34.4. The Balaban J connectivity index is 2.11. The number of rotatable bonds is 8. The number of unbranched alkanes of at least 4 members (excludes halogenated alkanes) is 1. The maximum atomic E-state index is 12.3. The molecule has 0 aromatic heterocycles. The molecule has 2 rings (SSSR count). The zero-order chi connectivity index (χ0) is 20.0. The summed E-state index contributed by atoms with van der Waals surface area (Å²) in [5, 5.41) is 3.25. The predicted molar refractivity (Wildman–Crippen MR) is 101 cm³/mol. The van der Waals surface area contributed by atoms with E-state index in [4.69, 9.17) is 4.74 Å². The molecule has 150 valence electrons. The molecule has 0 radical (unpaired) electrons. The van der Waals surface area contributed by atoms with E-state index < -0.39 is 16.1 Å². The van der Waals surface area contributed by atoms with Gasteiger partial charge in [-0.2, -0.15) is 0 Å². The van der Waals surface area contributed by atoms with Crippen LogP contribution in [0, 0.1) is 0 Å². The number of ether oxygens (including phenoxy) is 2. The van der Waals surface area contributed by atoms with Gasteiger partial charge in [-0.25, -0.2) is 17.5 Å². The van der Waals surface area contributed by atoms with E-state index in [9.17, 15) is 18.0 Å². The molecule has 1 aromatic rings. The number of sulfonamides is 1. The number of carbonyl (C=O) groups is 2. The van der Waals surface area contributed by atoms with Gasteiger partial charge < -0.3 is 14.8 Å². The van der Waals surface area contributed by atoms with Crippen molar-refractivity contribution < 1.29 is 27.5 Å². The van der Waals surface area contributed by atoms with Gasteiger partial charge in [-0.15, -0.1) is 0 Å². The number of fused-ring (bicyclic) bond motifs is 1. The summed E-state index contributed by atoms with van der Waals surface area (Å²) in [5.41, 5.74) is 1.85. The van der Waals surface area contributed by atoms with E-state index >= 15 is 0 Å². The largest absolute Gasteiger partial charge is 0.469 e. The summed E-state index contributed by atoms with van der Waals surface area (Å²) in [6, 6.07) is 5.12. The smallest absolute Gasteiger partial charge is 0.429 e. The lowest BCUT2D eigenvalue weighted by molar-refractivity contribution is -0.140. The first-order chi connectivity index (χ1) is 12.8. The molecule has 0 saturated heterocycles. The summed E-state index contributed by atoms with van der Waals surface area (Å²) in [7, 11) is -2.35. The van der Waals surface area contributed by atoms with Gasteiger partial charge in [0.15, 0.2) is 0 Å². The topological polar surface area (TPSA) is 102 Å². The molecule has 1 aliphatic heterocycles. The molecular formula is C18H26N2O6S. The van der Waals surface area contributed by atoms with Crippen LogP contribution in [-0.4, -0.2) is 51.2 Å². The van der Waals surface area contributed by atoms with E-state index in [1.165, 1.54) is 7.11 Å². The van der Waals surface area contributed by atoms with Gasteiger partial charge in [0, 0.05) is 31.1 Å². The third kappa shape index (κ3) is 5.59. The number of nitrogens with zero attached hydrogens (tertiary/aromatic N) is 1. The van der Waals surface area contributed by atoms with E-state index in [-0.39, 0.29) is 24.2 Å². The molecule has 0 saturated carbocycles. The van der Waals surface area contributed by atoms with Crippen LogP contribution in [0.1, 0.15) is 44.1 Å². The second kappa shape index (κ2) is 9.07. The van der Waals surface area contributed by atoms with E-state index in [0.717, 1.165) is 28.2 Å². The lowest BCUT2D eigenvalue weighted by Crippen LogP contribution is -2.38. The number of esters is 1. The molecular weight excluding hydrogens is 372 g/mol. The lowest BCUT2D eigenvalue weighted by Gasteiger charge is -2.19. The Morgan fingerprint density at radius 1 is 1.33 bits per heavy atom. The molecule has 1 heterocycles. The van der Waals surface area contributed by atoms with Gasteiger partial charge in [0.2, 0.25) is 10.0 Å². The van der Waals surface area contributed by atoms with E-state index in [1.807, 2.05) is 6.92 Å². The molecule has 1 aromatic carbocycles. The monoisotopic (exact) mass is 398 g/mol. The van der Waals surface area contributed by atoms with Crippen molar-refractivity contribution in [1.82, 2.24) is 4.31 Å². The van der Waals surface area contributed by atoms with Gasteiger partial charge >= 0.3 is 12.1 Å². The van der Waals surface area contributed by atoms with E-state index in [0.29, 0.717) is 25.8 Å². The average molecular weight is 398 g/mol. The summed E-state index contributed by atoms with van der Waals surface area (Å²) in [6.45, 7) is 2.67. The van der Waals surface area contributed by atoms with Gasteiger partial charge in [-0.05, 0) is 36.6 Å². The van der Waals surface area contributed by atoms with Crippen molar-refractivity contribution >= 4 is 27.8 Å². The normalized spacial score (nSPS) is 15.6. The number of nitrogens with one attached hydrogen (secondary N) is 1. The van der Waals surface area contributed by atoms with Crippen LogP contribution in [0.15, 0.2) is 18.2 Å². The van der Waals surface area contributed by atoms with Gasteiger partial charge in [0.1, 0.15) is 5.75 Å². The van der Waals surface area contributed by atoms with Crippen LogP contribution >= 0.6 is 0 Å². The third-order valence-electron chi connectivity index (χ3n) is 4.45. The van der Waals surface area contributed by atoms with Crippen LogP contribution in [0.3, 0.4) is 0 Å². The van der Waals surface area contributed by atoms with Gasteiger partial charge in [-0.1, -0.05) is 13.3 Å². The minimum absolute atomic E-state index is 0.0857. The van der Waals surface area contributed by atoms with Crippen molar-refractivity contribution in [3.63, 3.8) is 0 Å². The molecule has 0 spiro atoms. The predicted octanol–water partition coefficient (Wildman–Crippen LogP) is 2.71. The van der Waals surface area contributed by atoms with Crippen LogP contribution in [0.5, 0.6) is 5.75 Å². The van der Waals surface area contributed by atoms with E-state index in [1.54, 1.807) is 18.2 Å². The highest BCUT2D eigenvalue weighted by Gasteiger charge is 2.27. The highest BCUT2D eigenvalue weighted by molar-refractivity contribution is 7.88. The molecule has 1 amide bonds. The molecule has 1 aliphatic rings. The first kappa shape index (κ1) is 21.0. The standard InChI is InChI=1S/C18H26N2O6S/c1-4-5-10-20(27(3,23)24)18(22)26-14-7-8-16-15(11-14)13(12-19-16)6-9-17(21)25-2/h7-8,11,13,19H,4-6,9-10,12H2,1-3H3. The molecule has 0 bridgehead atoms. The Bertz CT molecular complexity index is 793. The fourth-order valence-electron chi connectivity index (χ4n) is 2.94. The maximum Gasteiger partial charge on any atom is 0.429 e. The lowest BCUT2D eigenvalue weighted by atomic mass is 9.96. The average Bonchev–Trinajstić information content (AvgIpc) is 3.01. The minimum atomic E-state index is -3.70. The third-order valence-corrected chi connectivity index (χ3v) is 5.58. The minimum Gasteiger partial charge on any atom is -0.469 e. The first-order valence-corrected chi connectivity index (χ1v) is 10.7. The fraction of sp³-hybridized carbons (Fsp3) is 0.556.